The molecule has 1 aromatic carbocycles. The van der Waals surface area contributed by atoms with Gasteiger partial charge in [0.05, 0.1) is 11.4 Å². The van der Waals surface area contributed by atoms with E-state index in [9.17, 15) is 9.18 Å². The van der Waals surface area contributed by atoms with Crippen LogP contribution in [0.5, 0.6) is 0 Å². The molecule has 2 N–H and O–H groups in total. The maximum absolute atomic E-state index is 13.4. The molecule has 0 saturated heterocycles. The summed E-state index contributed by atoms with van der Waals surface area (Å²) in [5.41, 5.74) is 0.843. The van der Waals surface area contributed by atoms with Gasteiger partial charge in [-0.1, -0.05) is 6.07 Å². The van der Waals surface area contributed by atoms with Gasteiger partial charge in [-0.25, -0.2) is 9.18 Å². The van der Waals surface area contributed by atoms with Crippen molar-refractivity contribution in [3.63, 3.8) is 0 Å². The Morgan fingerprint density at radius 2 is 2.26 bits per heavy atom. The highest BCUT2D eigenvalue weighted by molar-refractivity contribution is 5.94. The van der Waals surface area contributed by atoms with Gasteiger partial charge in [-0.2, -0.15) is 5.10 Å². The molecule has 0 saturated carbocycles. The van der Waals surface area contributed by atoms with Crippen molar-refractivity contribution in [1.29, 1.82) is 0 Å². The average Bonchev–Trinajstić information content (AvgIpc) is 2.74. The number of aryl methyl sites for hydroxylation is 1. The number of carboxylic acids is 1. The Labute approximate surface area is 109 Å². The highest BCUT2D eigenvalue weighted by Crippen LogP contribution is 2.18. The summed E-state index contributed by atoms with van der Waals surface area (Å²) in [6, 6.07) is 6.04. The number of aromatic carboxylic acids is 1. The van der Waals surface area contributed by atoms with Crippen LogP contribution in [0.4, 0.5) is 10.1 Å². The molecule has 0 unspecified atom stereocenters. The summed E-state index contributed by atoms with van der Waals surface area (Å²) in [6.45, 7) is 0.487. The summed E-state index contributed by atoms with van der Waals surface area (Å²) in [6.07, 6.45) is 2.47. The molecule has 19 heavy (non-hydrogen) atoms. The molecule has 1 heterocycles. The second kappa shape index (κ2) is 5.51. The fourth-order valence-electron chi connectivity index (χ4n) is 1.81. The van der Waals surface area contributed by atoms with Crippen LogP contribution < -0.4 is 5.32 Å². The lowest BCUT2D eigenvalue weighted by molar-refractivity contribution is 0.0693. The Bertz CT molecular complexity index is 595. The van der Waals surface area contributed by atoms with Crippen molar-refractivity contribution in [3.8, 4) is 0 Å². The normalized spacial score (nSPS) is 10.4. The minimum Gasteiger partial charge on any atom is -0.478 e. The van der Waals surface area contributed by atoms with Crippen LogP contribution in [0.25, 0.3) is 0 Å². The summed E-state index contributed by atoms with van der Waals surface area (Å²) >= 11 is 0. The van der Waals surface area contributed by atoms with E-state index in [0.29, 0.717) is 13.0 Å². The first-order chi connectivity index (χ1) is 9.08. The van der Waals surface area contributed by atoms with E-state index in [0.717, 1.165) is 11.8 Å². The SMILES string of the molecule is Cn1ccc(CCNc2cccc(F)c2C(=O)O)n1. The maximum Gasteiger partial charge on any atom is 0.340 e. The molecule has 0 aliphatic rings. The molecule has 0 amide bonds. The molecule has 0 spiro atoms. The number of halogens is 1. The summed E-state index contributed by atoms with van der Waals surface area (Å²) in [5.74, 6) is -2.02. The third-order valence-corrected chi connectivity index (χ3v) is 2.69. The zero-order chi connectivity index (χ0) is 13.8. The number of anilines is 1. The van der Waals surface area contributed by atoms with Gasteiger partial charge in [0, 0.05) is 26.2 Å². The molecule has 0 radical (unpaired) electrons. The molecule has 0 atom stereocenters. The maximum atomic E-state index is 13.4. The third-order valence-electron chi connectivity index (χ3n) is 2.69. The van der Waals surface area contributed by atoms with Crippen molar-refractivity contribution in [2.75, 3.05) is 11.9 Å². The van der Waals surface area contributed by atoms with Crippen LogP contribution in [-0.4, -0.2) is 27.4 Å². The van der Waals surface area contributed by atoms with E-state index >= 15 is 0 Å². The number of nitrogens with zero attached hydrogens (tertiary/aromatic N) is 2. The summed E-state index contributed by atoms with van der Waals surface area (Å²) in [5, 5.41) is 16.1. The minimum atomic E-state index is -1.28. The molecule has 0 aliphatic heterocycles. The predicted molar refractivity (Wildman–Crippen MR) is 68.8 cm³/mol. The van der Waals surface area contributed by atoms with Gasteiger partial charge in [0.25, 0.3) is 0 Å². The number of carboxylic acid groups (broad SMARTS) is 1. The first-order valence-electron chi connectivity index (χ1n) is 5.82. The fourth-order valence-corrected chi connectivity index (χ4v) is 1.81. The lowest BCUT2D eigenvalue weighted by Gasteiger charge is -2.09. The van der Waals surface area contributed by atoms with Crippen LogP contribution in [0.1, 0.15) is 16.1 Å². The molecule has 0 fully saturated rings. The molecule has 0 bridgehead atoms. The standard InChI is InChI=1S/C13H14FN3O2/c1-17-8-6-9(16-17)5-7-15-11-4-2-3-10(14)12(11)13(18)19/h2-4,6,8,15H,5,7H2,1H3,(H,18,19). The zero-order valence-corrected chi connectivity index (χ0v) is 10.4. The third kappa shape index (κ3) is 3.09. The minimum absolute atomic E-state index is 0.281. The Morgan fingerprint density at radius 1 is 1.47 bits per heavy atom. The largest absolute Gasteiger partial charge is 0.478 e. The molecular weight excluding hydrogens is 249 g/mol. The lowest BCUT2D eigenvalue weighted by Crippen LogP contribution is -2.11. The molecule has 2 aromatic rings. The van der Waals surface area contributed by atoms with Crippen molar-refractivity contribution in [2.24, 2.45) is 7.05 Å². The Hall–Kier alpha value is -2.37. The van der Waals surface area contributed by atoms with E-state index in [1.165, 1.54) is 6.07 Å². The topological polar surface area (TPSA) is 67.2 Å². The monoisotopic (exact) mass is 263 g/mol. The van der Waals surface area contributed by atoms with E-state index in [1.54, 1.807) is 10.7 Å². The van der Waals surface area contributed by atoms with Gasteiger partial charge in [-0.3, -0.25) is 4.68 Å². The number of benzene rings is 1. The molecule has 1 aromatic heterocycles. The van der Waals surface area contributed by atoms with Crippen LogP contribution in [0, 0.1) is 5.82 Å². The summed E-state index contributed by atoms with van der Waals surface area (Å²) in [4.78, 5) is 11.0. The number of aromatic nitrogens is 2. The first kappa shape index (κ1) is 13.1. The van der Waals surface area contributed by atoms with Crippen LogP contribution in [-0.2, 0) is 13.5 Å². The van der Waals surface area contributed by atoms with Gasteiger partial charge in [0.15, 0.2) is 0 Å². The number of nitrogens with one attached hydrogen (secondary N) is 1. The molecule has 0 aliphatic carbocycles. The lowest BCUT2D eigenvalue weighted by atomic mass is 10.1. The molecule has 100 valence electrons. The number of hydrogen-bond acceptors (Lipinski definition) is 3. The predicted octanol–water partition coefficient (Wildman–Crippen LogP) is 1.91. The van der Waals surface area contributed by atoms with Crippen molar-refractivity contribution in [1.82, 2.24) is 9.78 Å². The van der Waals surface area contributed by atoms with Gasteiger partial charge in [-0.05, 0) is 18.2 Å². The molecule has 2 rings (SSSR count). The van der Waals surface area contributed by atoms with E-state index in [-0.39, 0.29) is 11.3 Å². The van der Waals surface area contributed by atoms with Crippen molar-refractivity contribution >= 4 is 11.7 Å². The van der Waals surface area contributed by atoms with Crippen molar-refractivity contribution in [3.05, 3.63) is 47.5 Å². The first-order valence-corrected chi connectivity index (χ1v) is 5.82. The van der Waals surface area contributed by atoms with Gasteiger partial charge in [0.1, 0.15) is 11.4 Å². The van der Waals surface area contributed by atoms with Gasteiger partial charge < -0.3 is 10.4 Å². The molecular formula is C13H14FN3O2. The number of rotatable bonds is 5. The zero-order valence-electron chi connectivity index (χ0n) is 10.4. The molecule has 6 heteroatoms. The van der Waals surface area contributed by atoms with Crippen LogP contribution >= 0.6 is 0 Å². The van der Waals surface area contributed by atoms with Crippen molar-refractivity contribution in [2.45, 2.75) is 6.42 Å². The number of hydrogen-bond donors (Lipinski definition) is 2. The van der Waals surface area contributed by atoms with Crippen LogP contribution in [0.3, 0.4) is 0 Å². The Morgan fingerprint density at radius 3 is 2.89 bits per heavy atom. The fraction of sp³-hybridized carbons (Fsp3) is 0.231. The van der Waals surface area contributed by atoms with Gasteiger partial charge in [-0.15, -0.1) is 0 Å². The highest BCUT2D eigenvalue weighted by Gasteiger charge is 2.15. The summed E-state index contributed by atoms with van der Waals surface area (Å²) in [7, 11) is 1.83. The molecule has 5 nitrogen and oxygen atoms in total. The average molecular weight is 263 g/mol. The Balaban J connectivity index is 2.03. The van der Waals surface area contributed by atoms with E-state index in [1.807, 2.05) is 19.3 Å². The Kier molecular flexibility index (Phi) is 3.79. The summed E-state index contributed by atoms with van der Waals surface area (Å²) < 4.78 is 15.1. The number of carbonyl (C=O) groups is 1. The second-order valence-corrected chi connectivity index (χ2v) is 4.13. The van der Waals surface area contributed by atoms with Crippen LogP contribution in [0.15, 0.2) is 30.5 Å². The smallest absolute Gasteiger partial charge is 0.340 e. The van der Waals surface area contributed by atoms with E-state index in [2.05, 4.69) is 10.4 Å². The van der Waals surface area contributed by atoms with E-state index < -0.39 is 11.8 Å². The van der Waals surface area contributed by atoms with Gasteiger partial charge in [0.2, 0.25) is 0 Å². The highest BCUT2D eigenvalue weighted by atomic mass is 19.1. The van der Waals surface area contributed by atoms with Crippen LogP contribution in [0.2, 0.25) is 0 Å². The van der Waals surface area contributed by atoms with Gasteiger partial charge >= 0.3 is 5.97 Å². The van der Waals surface area contributed by atoms with Crippen molar-refractivity contribution < 1.29 is 14.3 Å². The quantitative estimate of drug-likeness (QED) is 0.864. The second-order valence-electron chi connectivity index (χ2n) is 4.13. The van der Waals surface area contributed by atoms with E-state index in [4.69, 9.17) is 5.11 Å².